The second-order valence-corrected chi connectivity index (χ2v) is 6.11. The maximum Gasteiger partial charge on any atom is 0.137 e. The van der Waals surface area contributed by atoms with E-state index in [4.69, 9.17) is 0 Å². The Morgan fingerprint density at radius 1 is 1.33 bits per heavy atom. The van der Waals surface area contributed by atoms with Crippen LogP contribution in [0, 0.1) is 11.7 Å². The van der Waals surface area contributed by atoms with Crippen LogP contribution < -0.4 is 5.32 Å². The van der Waals surface area contributed by atoms with Crippen molar-refractivity contribution in [2.24, 2.45) is 5.92 Å². The molecule has 0 aliphatic heterocycles. The summed E-state index contributed by atoms with van der Waals surface area (Å²) >= 11 is 3.20. The van der Waals surface area contributed by atoms with Crippen LogP contribution in [-0.2, 0) is 0 Å². The van der Waals surface area contributed by atoms with Crippen molar-refractivity contribution in [1.82, 2.24) is 5.32 Å². The number of halogens is 2. The second kappa shape index (κ2) is 6.67. The van der Waals surface area contributed by atoms with Crippen molar-refractivity contribution >= 4 is 15.9 Å². The predicted molar refractivity (Wildman–Crippen MR) is 77.1 cm³/mol. The van der Waals surface area contributed by atoms with Crippen LogP contribution in [-0.4, -0.2) is 7.05 Å². The maximum absolute atomic E-state index is 13.6. The van der Waals surface area contributed by atoms with Crippen molar-refractivity contribution in [1.29, 1.82) is 0 Å². The van der Waals surface area contributed by atoms with Crippen molar-refractivity contribution in [2.75, 3.05) is 7.05 Å². The largest absolute Gasteiger partial charge is 0.313 e. The van der Waals surface area contributed by atoms with Crippen LogP contribution in [0.4, 0.5) is 4.39 Å². The van der Waals surface area contributed by atoms with Gasteiger partial charge in [0.1, 0.15) is 5.82 Å². The third-order valence-electron chi connectivity index (χ3n) is 3.99. The fraction of sp³-hybridized carbons (Fsp3) is 0.600. The Morgan fingerprint density at radius 2 is 2.06 bits per heavy atom. The Balaban J connectivity index is 2.04. The lowest BCUT2D eigenvalue weighted by atomic mass is 9.83. The fourth-order valence-electron chi connectivity index (χ4n) is 2.91. The minimum Gasteiger partial charge on any atom is -0.313 e. The molecule has 1 nitrogen and oxygen atoms in total. The lowest BCUT2D eigenvalue weighted by molar-refractivity contribution is 0.305. The highest BCUT2D eigenvalue weighted by atomic mass is 79.9. The third kappa shape index (κ3) is 3.55. The molecule has 18 heavy (non-hydrogen) atoms. The first-order chi connectivity index (χ1) is 8.70. The molecule has 100 valence electrons. The first-order valence-electron chi connectivity index (χ1n) is 6.83. The fourth-order valence-corrected chi connectivity index (χ4v) is 3.15. The summed E-state index contributed by atoms with van der Waals surface area (Å²) in [4.78, 5) is 0. The van der Waals surface area contributed by atoms with Crippen molar-refractivity contribution in [3.63, 3.8) is 0 Å². The van der Waals surface area contributed by atoms with Crippen LogP contribution in [0.1, 0.15) is 50.1 Å². The Labute approximate surface area is 117 Å². The Kier molecular flexibility index (Phi) is 5.19. The van der Waals surface area contributed by atoms with E-state index < -0.39 is 0 Å². The molecule has 3 heteroatoms. The quantitative estimate of drug-likeness (QED) is 0.840. The van der Waals surface area contributed by atoms with Crippen molar-refractivity contribution in [3.05, 3.63) is 34.1 Å². The van der Waals surface area contributed by atoms with Gasteiger partial charge in [-0.1, -0.05) is 38.2 Å². The zero-order chi connectivity index (χ0) is 13.0. The molecular formula is C15H21BrFN. The predicted octanol–water partition coefficient (Wildman–Crippen LogP) is 4.82. The van der Waals surface area contributed by atoms with Gasteiger partial charge in [-0.05, 0) is 53.0 Å². The third-order valence-corrected chi connectivity index (χ3v) is 4.63. The molecule has 0 aromatic heterocycles. The van der Waals surface area contributed by atoms with E-state index >= 15 is 0 Å². The number of hydrogen-bond acceptors (Lipinski definition) is 1. The molecule has 0 saturated heterocycles. The van der Waals surface area contributed by atoms with Gasteiger partial charge in [-0.3, -0.25) is 0 Å². The van der Waals surface area contributed by atoms with Gasteiger partial charge >= 0.3 is 0 Å². The van der Waals surface area contributed by atoms with Gasteiger partial charge in [0.05, 0.1) is 4.47 Å². The van der Waals surface area contributed by atoms with Gasteiger partial charge in [-0.2, -0.15) is 0 Å². The van der Waals surface area contributed by atoms with E-state index in [1.807, 2.05) is 13.1 Å². The smallest absolute Gasteiger partial charge is 0.137 e. The molecule has 1 aliphatic carbocycles. The van der Waals surface area contributed by atoms with E-state index in [0.29, 0.717) is 4.47 Å². The lowest BCUT2D eigenvalue weighted by Crippen LogP contribution is -2.21. The number of benzene rings is 1. The van der Waals surface area contributed by atoms with Gasteiger partial charge in [0, 0.05) is 6.04 Å². The zero-order valence-electron chi connectivity index (χ0n) is 10.9. The molecule has 1 N–H and O–H groups in total. The van der Waals surface area contributed by atoms with E-state index in [2.05, 4.69) is 21.2 Å². The molecule has 1 atom stereocenters. The molecule has 1 aromatic rings. The molecule has 2 rings (SSSR count). The molecule has 1 aliphatic rings. The minimum atomic E-state index is -0.170. The average molecular weight is 314 g/mol. The van der Waals surface area contributed by atoms with E-state index in [1.54, 1.807) is 12.1 Å². The molecule has 1 unspecified atom stereocenters. The highest BCUT2D eigenvalue weighted by Crippen LogP contribution is 2.32. The summed E-state index contributed by atoms with van der Waals surface area (Å²) < 4.78 is 14.1. The number of rotatable bonds is 4. The standard InChI is InChI=1S/C15H21BrFN/c1-18-15(9-11-5-3-2-4-6-11)12-7-8-13(16)14(17)10-12/h7-8,10-11,15,18H,2-6,9H2,1H3. The molecule has 1 fully saturated rings. The van der Waals surface area contributed by atoms with E-state index in [0.717, 1.165) is 17.9 Å². The van der Waals surface area contributed by atoms with Gasteiger partial charge in [0.15, 0.2) is 0 Å². The Morgan fingerprint density at radius 3 is 2.67 bits per heavy atom. The first kappa shape index (κ1) is 14.0. The molecule has 0 spiro atoms. The molecule has 0 radical (unpaired) electrons. The molecule has 0 bridgehead atoms. The number of nitrogens with one attached hydrogen (secondary N) is 1. The molecular weight excluding hydrogens is 293 g/mol. The van der Waals surface area contributed by atoms with E-state index in [9.17, 15) is 4.39 Å². The summed E-state index contributed by atoms with van der Waals surface area (Å²) in [5.74, 6) is 0.624. The van der Waals surface area contributed by atoms with Crippen LogP contribution in [0.3, 0.4) is 0 Å². The van der Waals surface area contributed by atoms with E-state index in [-0.39, 0.29) is 11.9 Å². The van der Waals surface area contributed by atoms with Crippen LogP contribution in [0.5, 0.6) is 0 Å². The summed E-state index contributed by atoms with van der Waals surface area (Å²) in [5.41, 5.74) is 1.06. The Bertz CT molecular complexity index is 388. The average Bonchev–Trinajstić information content (AvgIpc) is 2.40. The second-order valence-electron chi connectivity index (χ2n) is 5.25. The van der Waals surface area contributed by atoms with Crippen molar-refractivity contribution in [3.8, 4) is 0 Å². The van der Waals surface area contributed by atoms with Crippen molar-refractivity contribution in [2.45, 2.75) is 44.6 Å². The zero-order valence-corrected chi connectivity index (χ0v) is 12.5. The monoisotopic (exact) mass is 313 g/mol. The highest BCUT2D eigenvalue weighted by Gasteiger charge is 2.19. The normalized spacial score (nSPS) is 18.8. The molecule has 0 heterocycles. The summed E-state index contributed by atoms with van der Waals surface area (Å²) in [7, 11) is 1.97. The van der Waals surface area contributed by atoms with E-state index in [1.165, 1.54) is 32.1 Å². The number of hydrogen-bond donors (Lipinski definition) is 1. The first-order valence-corrected chi connectivity index (χ1v) is 7.62. The maximum atomic E-state index is 13.6. The summed E-state index contributed by atoms with van der Waals surface area (Å²) in [6, 6.07) is 5.73. The van der Waals surface area contributed by atoms with Crippen LogP contribution in [0.2, 0.25) is 0 Å². The van der Waals surface area contributed by atoms with Crippen LogP contribution in [0.15, 0.2) is 22.7 Å². The SMILES string of the molecule is CNC(CC1CCCCC1)c1ccc(Br)c(F)c1. The molecule has 0 amide bonds. The highest BCUT2D eigenvalue weighted by molar-refractivity contribution is 9.10. The van der Waals surface area contributed by atoms with Gasteiger partial charge in [0.25, 0.3) is 0 Å². The summed E-state index contributed by atoms with van der Waals surface area (Å²) in [6.07, 6.45) is 7.88. The molecule has 1 aromatic carbocycles. The van der Waals surface area contributed by atoms with Gasteiger partial charge in [-0.15, -0.1) is 0 Å². The van der Waals surface area contributed by atoms with Crippen LogP contribution in [0.25, 0.3) is 0 Å². The van der Waals surface area contributed by atoms with Gasteiger partial charge < -0.3 is 5.32 Å². The minimum absolute atomic E-state index is 0.170. The lowest BCUT2D eigenvalue weighted by Gasteiger charge is -2.26. The van der Waals surface area contributed by atoms with Crippen LogP contribution >= 0.6 is 15.9 Å². The van der Waals surface area contributed by atoms with Crippen molar-refractivity contribution < 1.29 is 4.39 Å². The Hall–Kier alpha value is -0.410. The van der Waals surface area contributed by atoms with Gasteiger partial charge in [-0.25, -0.2) is 4.39 Å². The summed E-state index contributed by atoms with van der Waals surface area (Å²) in [5, 5.41) is 3.33. The molecule has 1 saturated carbocycles. The topological polar surface area (TPSA) is 12.0 Å². The summed E-state index contributed by atoms with van der Waals surface area (Å²) in [6.45, 7) is 0. The van der Waals surface area contributed by atoms with Gasteiger partial charge in [0.2, 0.25) is 0 Å².